The van der Waals surface area contributed by atoms with Crippen LogP contribution in [0.2, 0.25) is 0 Å². The largest absolute Gasteiger partial charge is 0.494 e. The average Bonchev–Trinajstić information content (AvgIpc) is 2.75. The Balaban J connectivity index is 2.03. The smallest absolute Gasteiger partial charge is 0.253 e. The van der Waals surface area contributed by atoms with Crippen LogP contribution in [-0.4, -0.2) is 52.4 Å². The highest BCUT2D eigenvalue weighted by molar-refractivity contribution is 7.80. The van der Waals surface area contributed by atoms with Gasteiger partial charge in [-0.15, -0.1) is 0 Å². The molecule has 1 atom stereocenters. The molecule has 0 bridgehead atoms. The normalized spacial score (nSPS) is 16.8. The molecule has 2 rings (SSSR count). The van der Waals surface area contributed by atoms with Gasteiger partial charge in [-0.1, -0.05) is 0 Å². The van der Waals surface area contributed by atoms with Crippen molar-refractivity contribution in [1.29, 1.82) is 0 Å². The Morgan fingerprint density at radius 1 is 1.28 bits per heavy atom. The highest BCUT2D eigenvalue weighted by Crippen LogP contribution is 2.19. The lowest BCUT2D eigenvalue weighted by molar-refractivity contribution is -0.131. The van der Waals surface area contributed by atoms with Crippen molar-refractivity contribution in [2.24, 2.45) is 0 Å². The minimum absolute atomic E-state index is 0.142. The molecule has 1 saturated heterocycles. The maximum atomic E-state index is 12.3. The van der Waals surface area contributed by atoms with E-state index in [1.807, 2.05) is 6.92 Å². The van der Waals surface area contributed by atoms with Crippen molar-refractivity contribution in [1.82, 2.24) is 15.3 Å². The second-order valence-corrected chi connectivity index (χ2v) is 5.81. The van der Waals surface area contributed by atoms with E-state index in [0.29, 0.717) is 18.0 Å². The number of thiocarbonyl (C=S) groups is 1. The molecule has 134 valence electrons. The van der Waals surface area contributed by atoms with Gasteiger partial charge in [-0.2, -0.15) is 0 Å². The van der Waals surface area contributed by atoms with Crippen molar-refractivity contribution in [3.63, 3.8) is 0 Å². The third-order valence-corrected chi connectivity index (χ3v) is 4.00. The Labute approximate surface area is 151 Å². The molecule has 1 aromatic carbocycles. The lowest BCUT2D eigenvalue weighted by atomic mass is 10.2. The second-order valence-electron chi connectivity index (χ2n) is 5.44. The van der Waals surface area contributed by atoms with Gasteiger partial charge in [0.15, 0.2) is 5.11 Å². The summed E-state index contributed by atoms with van der Waals surface area (Å²) in [6.45, 7) is 3.75. The zero-order chi connectivity index (χ0) is 18.6. The van der Waals surface area contributed by atoms with E-state index in [2.05, 4.69) is 10.7 Å². The molecular weight excluding hydrogens is 344 g/mol. The topological polar surface area (TPSA) is 91.0 Å². The van der Waals surface area contributed by atoms with Gasteiger partial charge in [-0.3, -0.25) is 24.7 Å². The van der Waals surface area contributed by atoms with Gasteiger partial charge in [0, 0.05) is 19.7 Å². The lowest BCUT2D eigenvalue weighted by Crippen LogP contribution is -2.48. The molecule has 0 saturated carbocycles. The van der Waals surface area contributed by atoms with Crippen molar-refractivity contribution >= 4 is 40.7 Å². The van der Waals surface area contributed by atoms with Crippen molar-refractivity contribution in [3.05, 3.63) is 24.3 Å². The van der Waals surface area contributed by atoms with Crippen LogP contribution >= 0.6 is 12.2 Å². The molecule has 0 aliphatic carbocycles. The van der Waals surface area contributed by atoms with Crippen molar-refractivity contribution in [2.45, 2.75) is 26.3 Å². The van der Waals surface area contributed by atoms with Gasteiger partial charge in [-0.25, -0.2) is 5.01 Å². The lowest BCUT2D eigenvalue weighted by Gasteiger charge is -2.23. The van der Waals surface area contributed by atoms with Gasteiger partial charge < -0.3 is 10.1 Å². The van der Waals surface area contributed by atoms with Gasteiger partial charge in [0.2, 0.25) is 11.8 Å². The van der Waals surface area contributed by atoms with E-state index in [1.54, 1.807) is 24.3 Å². The van der Waals surface area contributed by atoms with Crippen LogP contribution in [0.3, 0.4) is 0 Å². The summed E-state index contributed by atoms with van der Waals surface area (Å²) in [5.74, 6) is -0.380. The number of ether oxygens (including phenoxy) is 1. The molecule has 0 spiro atoms. The Morgan fingerprint density at radius 3 is 2.48 bits per heavy atom. The second kappa shape index (κ2) is 7.93. The highest BCUT2D eigenvalue weighted by Gasteiger charge is 2.42. The van der Waals surface area contributed by atoms with E-state index >= 15 is 0 Å². The van der Waals surface area contributed by atoms with Crippen LogP contribution in [0.5, 0.6) is 5.75 Å². The van der Waals surface area contributed by atoms with Gasteiger partial charge in [-0.05, 0) is 43.4 Å². The average molecular weight is 364 g/mol. The predicted molar refractivity (Wildman–Crippen MR) is 95.7 cm³/mol. The highest BCUT2D eigenvalue weighted by atomic mass is 32.1. The van der Waals surface area contributed by atoms with E-state index in [9.17, 15) is 14.4 Å². The van der Waals surface area contributed by atoms with Crippen molar-refractivity contribution in [3.8, 4) is 5.75 Å². The fraction of sp³-hybridized carbons (Fsp3) is 0.375. The molecule has 3 amide bonds. The summed E-state index contributed by atoms with van der Waals surface area (Å²) in [6.07, 6.45) is -0.142. The fourth-order valence-electron chi connectivity index (χ4n) is 2.39. The summed E-state index contributed by atoms with van der Waals surface area (Å²) in [7, 11) is 1.50. The molecule has 1 fully saturated rings. The summed E-state index contributed by atoms with van der Waals surface area (Å²) in [5, 5.41) is 4.11. The molecule has 25 heavy (non-hydrogen) atoms. The molecule has 0 radical (unpaired) electrons. The maximum Gasteiger partial charge on any atom is 0.253 e. The van der Waals surface area contributed by atoms with Crippen molar-refractivity contribution in [2.75, 3.05) is 19.0 Å². The van der Waals surface area contributed by atoms with Gasteiger partial charge in [0.1, 0.15) is 11.8 Å². The Hall–Kier alpha value is -2.68. The number of hydrogen-bond donors (Lipinski definition) is 2. The quantitative estimate of drug-likeness (QED) is 0.729. The number of amides is 3. The number of likely N-dealkylation sites (N-methyl/N-ethyl adjacent to an activating group) is 1. The first-order valence-electron chi connectivity index (χ1n) is 7.74. The number of rotatable bonds is 6. The third-order valence-electron chi connectivity index (χ3n) is 3.53. The number of hydrazine groups is 1. The van der Waals surface area contributed by atoms with Gasteiger partial charge in [0.05, 0.1) is 13.0 Å². The maximum absolute atomic E-state index is 12.3. The predicted octanol–water partition coefficient (Wildman–Crippen LogP) is 0.892. The minimum atomic E-state index is -0.871. The number of benzene rings is 1. The molecule has 1 aliphatic rings. The molecule has 0 aromatic heterocycles. The van der Waals surface area contributed by atoms with Crippen LogP contribution in [-0.2, 0) is 14.4 Å². The first-order valence-corrected chi connectivity index (χ1v) is 8.15. The fourth-order valence-corrected chi connectivity index (χ4v) is 2.65. The first-order chi connectivity index (χ1) is 11.8. The number of carbonyl (C=O) groups is 3. The first kappa shape index (κ1) is 18.7. The van der Waals surface area contributed by atoms with Gasteiger partial charge >= 0.3 is 0 Å². The molecule has 1 aromatic rings. The number of carbonyl (C=O) groups excluding carboxylic acids is 3. The van der Waals surface area contributed by atoms with E-state index in [1.165, 1.54) is 23.9 Å². The molecule has 2 N–H and O–H groups in total. The molecular formula is C16H20N4O4S. The molecule has 1 heterocycles. The summed E-state index contributed by atoms with van der Waals surface area (Å²) >= 11 is 5.13. The van der Waals surface area contributed by atoms with Crippen LogP contribution in [0.4, 0.5) is 5.69 Å². The molecule has 1 unspecified atom stereocenters. The number of hydrogen-bond acceptors (Lipinski definition) is 5. The van der Waals surface area contributed by atoms with Crippen LogP contribution in [0.25, 0.3) is 0 Å². The van der Waals surface area contributed by atoms with E-state index < -0.39 is 6.04 Å². The standard InChI is InChI=1S/C16H20N4O4S/c1-4-24-12-7-5-11(6-8-12)17-14(22)9-13-15(23)19(3)16(25)20(13)18-10(2)21/h5-8,13H,4,9H2,1-3H3,(H,17,22)(H,18,21). The van der Waals surface area contributed by atoms with Crippen LogP contribution < -0.4 is 15.5 Å². The summed E-state index contributed by atoms with van der Waals surface area (Å²) in [5.41, 5.74) is 3.07. The van der Waals surface area contributed by atoms with Gasteiger partial charge in [0.25, 0.3) is 5.91 Å². The van der Waals surface area contributed by atoms with Crippen LogP contribution in [0.15, 0.2) is 24.3 Å². The number of nitrogens with one attached hydrogen (secondary N) is 2. The third kappa shape index (κ3) is 4.44. The van der Waals surface area contributed by atoms with E-state index in [4.69, 9.17) is 17.0 Å². The Morgan fingerprint density at radius 2 is 1.92 bits per heavy atom. The Kier molecular flexibility index (Phi) is 5.92. The summed E-state index contributed by atoms with van der Waals surface area (Å²) in [6, 6.07) is 6.03. The SMILES string of the molecule is CCOc1ccc(NC(=O)CC2C(=O)N(C)C(=S)N2NC(C)=O)cc1. The van der Waals surface area contributed by atoms with E-state index in [0.717, 1.165) is 0 Å². The number of anilines is 1. The molecule has 9 heteroatoms. The van der Waals surface area contributed by atoms with Crippen LogP contribution in [0, 0.1) is 0 Å². The summed E-state index contributed by atoms with van der Waals surface area (Å²) in [4.78, 5) is 37.1. The monoisotopic (exact) mass is 364 g/mol. The minimum Gasteiger partial charge on any atom is -0.494 e. The van der Waals surface area contributed by atoms with Crippen LogP contribution in [0.1, 0.15) is 20.3 Å². The zero-order valence-corrected chi connectivity index (χ0v) is 15.1. The molecule has 1 aliphatic heterocycles. The van der Waals surface area contributed by atoms with Crippen molar-refractivity contribution < 1.29 is 19.1 Å². The zero-order valence-electron chi connectivity index (χ0n) is 14.2. The van der Waals surface area contributed by atoms with E-state index in [-0.39, 0.29) is 29.3 Å². The number of nitrogens with zero attached hydrogens (tertiary/aromatic N) is 2. The molecule has 8 nitrogen and oxygen atoms in total. The Bertz CT molecular complexity index is 692. The summed E-state index contributed by atoms with van der Waals surface area (Å²) < 4.78 is 5.34.